The molecule has 2 saturated heterocycles. The molecule has 8 heteroatoms. The second-order valence-corrected chi connectivity index (χ2v) is 9.34. The highest BCUT2D eigenvalue weighted by Gasteiger charge is 2.51. The third kappa shape index (κ3) is 4.56. The lowest BCUT2D eigenvalue weighted by Gasteiger charge is -2.56. The maximum absolute atomic E-state index is 12.7. The Hall–Kier alpha value is -0.890. The largest absolute Gasteiger partial charge is 0.465 e. The van der Waals surface area contributed by atoms with E-state index in [1.54, 1.807) is 0 Å². The van der Waals surface area contributed by atoms with Crippen LogP contribution in [0.5, 0.6) is 0 Å². The van der Waals surface area contributed by atoms with Crippen molar-refractivity contribution in [3.05, 3.63) is 0 Å². The lowest BCUT2D eigenvalue weighted by molar-refractivity contribution is -0.0723. The number of hydrogen-bond acceptors (Lipinski definition) is 4. The van der Waals surface area contributed by atoms with Gasteiger partial charge < -0.3 is 14.9 Å². The van der Waals surface area contributed by atoms with Crippen LogP contribution < -0.4 is 0 Å². The Morgan fingerprint density at radius 2 is 1.96 bits per heavy atom. The molecular formula is C15H27FN2O4S. The van der Waals surface area contributed by atoms with Crippen molar-refractivity contribution in [2.24, 2.45) is 17.3 Å². The second-order valence-electron chi connectivity index (χ2n) is 7.86. The van der Waals surface area contributed by atoms with Gasteiger partial charge in [0, 0.05) is 31.6 Å². The number of carboxylic acid groups (broad SMARTS) is 1. The van der Waals surface area contributed by atoms with Crippen LogP contribution >= 0.6 is 0 Å². The number of carbonyl (C=O) groups is 1. The van der Waals surface area contributed by atoms with Crippen LogP contribution in [-0.2, 0) is 10.2 Å². The van der Waals surface area contributed by atoms with E-state index in [2.05, 4.69) is 20.8 Å². The van der Waals surface area contributed by atoms with Crippen LogP contribution in [0.2, 0.25) is 0 Å². The molecule has 1 amide bonds. The van der Waals surface area contributed by atoms with E-state index in [1.165, 1.54) is 4.90 Å². The molecule has 0 spiro atoms. The predicted molar refractivity (Wildman–Crippen MR) is 85.5 cm³/mol. The molecule has 6 nitrogen and oxygen atoms in total. The van der Waals surface area contributed by atoms with E-state index in [4.69, 9.17) is 0 Å². The predicted octanol–water partition coefficient (Wildman–Crippen LogP) is 2.02. The van der Waals surface area contributed by atoms with Gasteiger partial charge in [0.25, 0.3) is 0 Å². The quantitative estimate of drug-likeness (QED) is 0.785. The Bertz CT molecular complexity index is 546. The van der Waals surface area contributed by atoms with Gasteiger partial charge in [-0.1, -0.05) is 20.8 Å². The van der Waals surface area contributed by atoms with Crippen LogP contribution in [0.15, 0.2) is 0 Å². The summed E-state index contributed by atoms with van der Waals surface area (Å²) in [5.74, 6) is 0.163. The zero-order chi connectivity index (χ0) is 17.4. The van der Waals surface area contributed by atoms with Crippen molar-refractivity contribution in [3.8, 4) is 0 Å². The average Bonchev–Trinajstić information content (AvgIpc) is 2.32. The normalized spacial score (nSPS) is 30.1. The Morgan fingerprint density at radius 1 is 1.30 bits per heavy atom. The molecule has 0 aromatic rings. The molecule has 2 heterocycles. The number of hydrogen-bond donors (Lipinski definition) is 1. The van der Waals surface area contributed by atoms with Crippen LogP contribution in [0.3, 0.4) is 0 Å². The highest BCUT2D eigenvalue weighted by molar-refractivity contribution is 7.86. The van der Waals surface area contributed by atoms with Gasteiger partial charge in [0.2, 0.25) is 0 Å². The molecular weight excluding hydrogens is 323 g/mol. The fraction of sp³-hybridized carbons (Fsp3) is 0.933. The summed E-state index contributed by atoms with van der Waals surface area (Å²) in [5, 5.41) is 9.32. The van der Waals surface area contributed by atoms with Crippen LogP contribution in [0.4, 0.5) is 8.68 Å². The number of rotatable bonds is 4. The fourth-order valence-corrected chi connectivity index (χ4v) is 4.61. The molecule has 0 saturated carbocycles. The molecule has 3 unspecified atom stereocenters. The highest BCUT2D eigenvalue weighted by Crippen LogP contribution is 2.44. The number of nitrogens with zero attached hydrogens (tertiary/aromatic N) is 2. The third-order valence-corrected chi connectivity index (χ3v) is 5.75. The van der Waals surface area contributed by atoms with E-state index in [9.17, 15) is 22.2 Å². The molecule has 1 N–H and O–H groups in total. The van der Waals surface area contributed by atoms with Gasteiger partial charge in [0.15, 0.2) is 0 Å². The lowest BCUT2D eigenvalue weighted by Crippen LogP contribution is -2.66. The Morgan fingerprint density at radius 3 is 2.48 bits per heavy atom. The maximum atomic E-state index is 12.7. The first kappa shape index (κ1) is 18.4. The molecule has 2 aliphatic heterocycles. The number of amides is 1. The van der Waals surface area contributed by atoms with Crippen LogP contribution in [0, 0.1) is 17.3 Å². The third-order valence-electron chi connectivity index (χ3n) is 5.08. The van der Waals surface area contributed by atoms with Crippen molar-refractivity contribution in [2.75, 3.05) is 31.9 Å². The summed E-state index contributed by atoms with van der Waals surface area (Å²) >= 11 is 0. The van der Waals surface area contributed by atoms with Gasteiger partial charge in [0.05, 0.1) is 5.75 Å². The molecule has 0 aromatic carbocycles. The summed E-state index contributed by atoms with van der Waals surface area (Å²) in [4.78, 5) is 14.9. The molecule has 0 radical (unpaired) electrons. The fourth-order valence-electron chi connectivity index (χ4n) is 4.13. The summed E-state index contributed by atoms with van der Waals surface area (Å²) in [6, 6.07) is -0.0187. The zero-order valence-corrected chi connectivity index (χ0v) is 14.9. The van der Waals surface area contributed by atoms with Crippen molar-refractivity contribution < 1.29 is 22.2 Å². The van der Waals surface area contributed by atoms with Gasteiger partial charge in [-0.15, -0.1) is 3.89 Å². The first-order chi connectivity index (χ1) is 10.5. The van der Waals surface area contributed by atoms with E-state index in [0.717, 1.165) is 25.9 Å². The minimum absolute atomic E-state index is 0.0187. The molecule has 2 aliphatic rings. The van der Waals surface area contributed by atoms with Gasteiger partial charge in [0.1, 0.15) is 0 Å². The monoisotopic (exact) mass is 350 g/mol. The number of likely N-dealkylation sites (tertiary alicyclic amines) is 2. The Labute approximate surface area is 137 Å². The molecule has 2 rings (SSSR count). The van der Waals surface area contributed by atoms with Crippen LogP contribution in [-0.4, -0.2) is 67.4 Å². The maximum Gasteiger partial charge on any atom is 0.407 e. The molecule has 134 valence electrons. The molecule has 0 aromatic heterocycles. The van der Waals surface area contributed by atoms with Crippen molar-refractivity contribution in [1.82, 2.24) is 9.80 Å². The van der Waals surface area contributed by atoms with Crippen molar-refractivity contribution in [1.29, 1.82) is 0 Å². The summed E-state index contributed by atoms with van der Waals surface area (Å²) in [6.45, 7) is 8.41. The van der Waals surface area contributed by atoms with Crippen LogP contribution in [0.1, 0.15) is 33.6 Å². The topological polar surface area (TPSA) is 77.9 Å². The Kier molecular flexibility index (Phi) is 5.25. The standard InChI is InChI=1S/C15H27FN2O4S/c1-15(2,3)13-12(10-18(13)14(19)20)11-5-4-6-17(9-11)7-8-23(16,21)22/h11-13H,4-10H2,1-3H3,(H,19,20). The van der Waals surface area contributed by atoms with Crippen molar-refractivity contribution in [3.63, 3.8) is 0 Å². The van der Waals surface area contributed by atoms with E-state index in [-0.39, 0.29) is 23.9 Å². The first-order valence-corrected chi connectivity index (χ1v) is 9.68. The second kappa shape index (κ2) is 6.55. The summed E-state index contributed by atoms with van der Waals surface area (Å²) in [5.41, 5.74) is -0.133. The minimum Gasteiger partial charge on any atom is -0.465 e. The number of halogens is 1. The Balaban J connectivity index is 1.99. The molecule has 0 bridgehead atoms. The average molecular weight is 350 g/mol. The summed E-state index contributed by atoms with van der Waals surface area (Å²) < 4.78 is 34.1. The van der Waals surface area contributed by atoms with Crippen LogP contribution in [0.25, 0.3) is 0 Å². The van der Waals surface area contributed by atoms with Gasteiger partial charge in [-0.3, -0.25) is 0 Å². The smallest absolute Gasteiger partial charge is 0.407 e. The van der Waals surface area contributed by atoms with Gasteiger partial charge in [-0.2, -0.15) is 8.42 Å². The highest BCUT2D eigenvalue weighted by atomic mass is 32.3. The number of piperidine rings is 1. The van der Waals surface area contributed by atoms with E-state index in [1.807, 2.05) is 4.90 Å². The van der Waals surface area contributed by atoms with E-state index >= 15 is 0 Å². The van der Waals surface area contributed by atoms with Gasteiger partial charge in [-0.05, 0) is 30.7 Å². The summed E-state index contributed by atoms with van der Waals surface area (Å²) in [6.07, 6.45) is 1.08. The van der Waals surface area contributed by atoms with Crippen molar-refractivity contribution >= 4 is 16.3 Å². The SMILES string of the molecule is CC(C)(C)C1C(C2CCCN(CCS(=O)(=O)F)C2)CN1C(=O)O. The van der Waals surface area contributed by atoms with Crippen molar-refractivity contribution in [2.45, 2.75) is 39.7 Å². The first-order valence-electron chi connectivity index (χ1n) is 8.13. The molecule has 3 atom stereocenters. The van der Waals surface area contributed by atoms with E-state index in [0.29, 0.717) is 12.5 Å². The minimum atomic E-state index is -4.43. The molecule has 23 heavy (non-hydrogen) atoms. The summed E-state index contributed by atoms with van der Waals surface area (Å²) in [7, 11) is -4.43. The van der Waals surface area contributed by atoms with Gasteiger partial charge >= 0.3 is 16.3 Å². The van der Waals surface area contributed by atoms with Gasteiger partial charge in [-0.25, -0.2) is 4.79 Å². The lowest BCUT2D eigenvalue weighted by atomic mass is 9.66. The zero-order valence-electron chi connectivity index (χ0n) is 14.0. The van der Waals surface area contributed by atoms with E-state index < -0.39 is 22.1 Å². The molecule has 2 fully saturated rings. The molecule has 0 aliphatic carbocycles.